The Bertz CT molecular complexity index is 550. The summed E-state index contributed by atoms with van der Waals surface area (Å²) in [6, 6.07) is 5.02. The van der Waals surface area contributed by atoms with Crippen LogP contribution < -0.4 is 0 Å². The molecule has 0 aliphatic heterocycles. The summed E-state index contributed by atoms with van der Waals surface area (Å²) in [7, 11) is 0. The van der Waals surface area contributed by atoms with E-state index in [2.05, 4.69) is 58.9 Å². The van der Waals surface area contributed by atoms with E-state index in [-0.39, 0.29) is 0 Å². The number of rotatable bonds is 2. The van der Waals surface area contributed by atoms with Crippen LogP contribution in [0.1, 0.15) is 75.6 Å². The molecular formula is C20H28. The molecule has 0 aromatic heterocycles. The van der Waals surface area contributed by atoms with Gasteiger partial charge in [-0.05, 0) is 58.8 Å². The van der Waals surface area contributed by atoms with Gasteiger partial charge in [0.25, 0.3) is 0 Å². The van der Waals surface area contributed by atoms with Crippen LogP contribution >= 0.6 is 0 Å². The average Bonchev–Trinajstić information content (AvgIpc) is 2.95. The second-order valence-electron chi connectivity index (χ2n) is 8.01. The van der Waals surface area contributed by atoms with Crippen LogP contribution in [0.3, 0.4) is 0 Å². The smallest absolute Gasteiger partial charge is 0.00759 e. The molecule has 1 aromatic rings. The summed E-state index contributed by atoms with van der Waals surface area (Å²) in [6.45, 7) is 11.8. The summed E-state index contributed by atoms with van der Waals surface area (Å²) in [6.07, 6.45) is 9.95. The first-order valence-electron chi connectivity index (χ1n) is 8.22. The van der Waals surface area contributed by atoms with Gasteiger partial charge in [0.2, 0.25) is 0 Å². The lowest BCUT2D eigenvalue weighted by molar-refractivity contribution is 0.280. The fraction of sp³-hybridized carbons (Fsp3) is 0.600. The summed E-state index contributed by atoms with van der Waals surface area (Å²) >= 11 is 0. The molecule has 1 unspecified atom stereocenters. The molecule has 0 spiro atoms. The van der Waals surface area contributed by atoms with E-state index in [9.17, 15) is 0 Å². The number of fused-ring (bicyclic) bond motifs is 2. The molecule has 0 N–H and O–H groups in total. The van der Waals surface area contributed by atoms with Gasteiger partial charge >= 0.3 is 0 Å². The summed E-state index contributed by atoms with van der Waals surface area (Å²) in [5.74, 6) is 0.584. The van der Waals surface area contributed by atoms with Crippen molar-refractivity contribution in [3.05, 3.63) is 40.5 Å². The Morgan fingerprint density at radius 1 is 1.05 bits per heavy atom. The van der Waals surface area contributed by atoms with E-state index in [1.54, 1.807) is 16.7 Å². The maximum atomic E-state index is 2.54. The first-order valence-corrected chi connectivity index (χ1v) is 8.22. The van der Waals surface area contributed by atoms with Crippen molar-refractivity contribution in [2.45, 2.75) is 66.2 Å². The maximum absolute atomic E-state index is 2.54. The van der Waals surface area contributed by atoms with Gasteiger partial charge in [0, 0.05) is 5.92 Å². The summed E-state index contributed by atoms with van der Waals surface area (Å²) in [5, 5.41) is 0. The van der Waals surface area contributed by atoms with Gasteiger partial charge in [-0.2, -0.15) is 0 Å². The summed E-state index contributed by atoms with van der Waals surface area (Å²) < 4.78 is 0. The third-order valence-electron chi connectivity index (χ3n) is 5.77. The molecule has 0 saturated heterocycles. The molecule has 0 amide bonds. The molecule has 0 saturated carbocycles. The van der Waals surface area contributed by atoms with Crippen molar-refractivity contribution >= 4 is 6.08 Å². The molecule has 0 radical (unpaired) electrons. The van der Waals surface area contributed by atoms with Gasteiger partial charge in [-0.1, -0.05) is 58.9 Å². The molecule has 0 fully saturated rings. The van der Waals surface area contributed by atoms with Gasteiger partial charge in [-0.25, -0.2) is 0 Å². The molecule has 0 heterocycles. The highest BCUT2D eigenvalue weighted by Gasteiger charge is 2.36. The Kier molecular flexibility index (Phi) is 3.12. The Balaban J connectivity index is 2.00. The standard InChI is InChI=1S/C20H28/c1-6-20(7-2)12-15-10-14-8-9-18(19(3,4)5)17(14)11-16(15)13-20/h8-11,18H,6-7,12-13H2,1-5H3. The zero-order valence-corrected chi connectivity index (χ0v) is 13.7. The molecule has 1 atom stereocenters. The molecule has 0 heteroatoms. The van der Waals surface area contributed by atoms with E-state index in [0.717, 1.165) is 0 Å². The van der Waals surface area contributed by atoms with Crippen molar-refractivity contribution < 1.29 is 0 Å². The van der Waals surface area contributed by atoms with Gasteiger partial charge in [0.05, 0.1) is 0 Å². The van der Waals surface area contributed by atoms with Crippen molar-refractivity contribution in [3.8, 4) is 0 Å². The molecule has 1 aromatic carbocycles. The van der Waals surface area contributed by atoms with Crippen LogP contribution in [0.15, 0.2) is 18.2 Å². The maximum Gasteiger partial charge on any atom is 0.00759 e. The largest absolute Gasteiger partial charge is 0.0759 e. The predicted octanol–water partition coefficient (Wildman–Crippen LogP) is 5.75. The predicted molar refractivity (Wildman–Crippen MR) is 88.1 cm³/mol. The number of benzene rings is 1. The zero-order chi connectivity index (χ0) is 14.5. The van der Waals surface area contributed by atoms with Crippen molar-refractivity contribution in [1.29, 1.82) is 0 Å². The highest BCUT2D eigenvalue weighted by atomic mass is 14.4. The monoisotopic (exact) mass is 268 g/mol. The SMILES string of the molecule is CCC1(CC)Cc2cc3c(cc2C1)C(C(C)(C)C)C=C3. The normalized spacial score (nSPS) is 22.9. The van der Waals surface area contributed by atoms with Crippen LogP contribution in [0.2, 0.25) is 0 Å². The molecule has 0 bridgehead atoms. The third kappa shape index (κ3) is 2.05. The lowest BCUT2D eigenvalue weighted by Gasteiger charge is -2.27. The first kappa shape index (κ1) is 13.9. The second kappa shape index (κ2) is 4.48. The van der Waals surface area contributed by atoms with Crippen LogP contribution in [-0.2, 0) is 12.8 Å². The highest BCUT2D eigenvalue weighted by molar-refractivity contribution is 5.65. The van der Waals surface area contributed by atoms with E-state index in [4.69, 9.17) is 0 Å². The van der Waals surface area contributed by atoms with Gasteiger partial charge in [-0.15, -0.1) is 0 Å². The van der Waals surface area contributed by atoms with Crippen LogP contribution in [0.4, 0.5) is 0 Å². The summed E-state index contributed by atoms with van der Waals surface area (Å²) in [5.41, 5.74) is 7.16. The van der Waals surface area contributed by atoms with Crippen molar-refractivity contribution in [3.63, 3.8) is 0 Å². The van der Waals surface area contributed by atoms with Crippen LogP contribution in [0, 0.1) is 10.8 Å². The zero-order valence-electron chi connectivity index (χ0n) is 13.7. The topological polar surface area (TPSA) is 0 Å². The Labute approximate surface area is 124 Å². The molecular weight excluding hydrogens is 240 g/mol. The van der Waals surface area contributed by atoms with Gasteiger partial charge in [0.15, 0.2) is 0 Å². The molecule has 0 nitrogen and oxygen atoms in total. The minimum atomic E-state index is 0.321. The van der Waals surface area contributed by atoms with Gasteiger partial charge in [-0.3, -0.25) is 0 Å². The number of hydrogen-bond donors (Lipinski definition) is 0. The lowest BCUT2D eigenvalue weighted by atomic mass is 9.77. The van der Waals surface area contributed by atoms with Gasteiger partial charge < -0.3 is 0 Å². The minimum Gasteiger partial charge on any atom is -0.0759 e. The minimum absolute atomic E-state index is 0.321. The number of hydrogen-bond acceptors (Lipinski definition) is 0. The van der Waals surface area contributed by atoms with E-state index in [0.29, 0.717) is 16.7 Å². The Morgan fingerprint density at radius 2 is 1.65 bits per heavy atom. The van der Waals surface area contributed by atoms with Crippen LogP contribution in [0.25, 0.3) is 6.08 Å². The van der Waals surface area contributed by atoms with Crippen molar-refractivity contribution in [2.24, 2.45) is 10.8 Å². The highest BCUT2D eigenvalue weighted by Crippen LogP contribution is 2.48. The van der Waals surface area contributed by atoms with Crippen LogP contribution in [0.5, 0.6) is 0 Å². The van der Waals surface area contributed by atoms with E-state index < -0.39 is 0 Å². The van der Waals surface area contributed by atoms with Crippen LogP contribution in [-0.4, -0.2) is 0 Å². The second-order valence-corrected chi connectivity index (χ2v) is 8.01. The number of allylic oxidation sites excluding steroid dienone is 1. The first-order chi connectivity index (χ1) is 9.38. The van der Waals surface area contributed by atoms with E-state index in [1.807, 2.05) is 0 Å². The molecule has 3 rings (SSSR count). The van der Waals surface area contributed by atoms with Crippen molar-refractivity contribution in [1.82, 2.24) is 0 Å². The van der Waals surface area contributed by atoms with Crippen molar-refractivity contribution in [2.75, 3.05) is 0 Å². The molecule has 2 aliphatic carbocycles. The average molecular weight is 268 g/mol. The Morgan fingerprint density at radius 3 is 2.20 bits per heavy atom. The fourth-order valence-corrected chi connectivity index (χ4v) is 4.15. The fourth-order valence-electron chi connectivity index (χ4n) is 4.15. The quantitative estimate of drug-likeness (QED) is 0.641. The Hall–Kier alpha value is -1.04. The third-order valence-corrected chi connectivity index (χ3v) is 5.77. The van der Waals surface area contributed by atoms with Gasteiger partial charge in [0.1, 0.15) is 0 Å². The van der Waals surface area contributed by atoms with E-state index in [1.165, 1.54) is 31.2 Å². The molecule has 20 heavy (non-hydrogen) atoms. The molecule has 108 valence electrons. The lowest BCUT2D eigenvalue weighted by Crippen LogP contribution is -2.18. The molecule has 2 aliphatic rings. The summed E-state index contributed by atoms with van der Waals surface area (Å²) in [4.78, 5) is 0. The van der Waals surface area contributed by atoms with E-state index >= 15 is 0 Å².